The number of amides is 4. The average Bonchev–Trinajstić information content (AvgIpc) is 2.76. The van der Waals surface area contributed by atoms with Gasteiger partial charge in [-0.3, -0.25) is 29.0 Å². The summed E-state index contributed by atoms with van der Waals surface area (Å²) in [6, 6.07) is -5.49. The summed E-state index contributed by atoms with van der Waals surface area (Å²) in [4.78, 5) is 75.1. The van der Waals surface area contributed by atoms with Crippen molar-refractivity contribution in [1.29, 1.82) is 0 Å². The van der Waals surface area contributed by atoms with Gasteiger partial charge in [-0.2, -0.15) is 11.8 Å². The summed E-state index contributed by atoms with van der Waals surface area (Å²) in [5, 5.41) is 25.0. The number of primary amides is 1. The number of aliphatic carboxylic acids is 2. The molecule has 0 bridgehead atoms. The topological polar surface area (TPSA) is 295 Å². The van der Waals surface area contributed by atoms with E-state index in [0.29, 0.717) is 5.75 Å². The third-order valence-corrected chi connectivity index (χ3v) is 5.22. The summed E-state index contributed by atoms with van der Waals surface area (Å²) in [6.45, 7) is 0.126. The van der Waals surface area contributed by atoms with E-state index in [2.05, 4.69) is 20.9 Å². The number of aliphatic imine (C=N–C) groups is 1. The molecule has 36 heavy (non-hydrogen) atoms. The molecule has 0 rings (SSSR count). The molecule has 0 saturated carbocycles. The van der Waals surface area contributed by atoms with Gasteiger partial charge in [0.1, 0.15) is 18.1 Å². The van der Waals surface area contributed by atoms with E-state index in [-0.39, 0.29) is 31.8 Å². The van der Waals surface area contributed by atoms with Crippen LogP contribution in [0, 0.1) is 0 Å². The maximum atomic E-state index is 13.0. The Labute approximate surface area is 211 Å². The monoisotopic (exact) mass is 534 g/mol. The van der Waals surface area contributed by atoms with Crippen LogP contribution in [0.2, 0.25) is 0 Å². The van der Waals surface area contributed by atoms with Gasteiger partial charge in [0.05, 0.1) is 18.9 Å². The van der Waals surface area contributed by atoms with Crippen molar-refractivity contribution in [3.8, 4) is 0 Å². The molecule has 0 saturated heterocycles. The van der Waals surface area contributed by atoms with Crippen LogP contribution in [0.1, 0.15) is 32.1 Å². The smallest absolute Gasteiger partial charge is 0.326 e. The molecule has 0 aromatic rings. The molecule has 4 unspecified atom stereocenters. The summed E-state index contributed by atoms with van der Waals surface area (Å²) in [5.74, 6) is -6.17. The molecule has 0 aliphatic heterocycles. The summed E-state index contributed by atoms with van der Waals surface area (Å²) < 4.78 is 0. The van der Waals surface area contributed by atoms with Gasteiger partial charge in [0, 0.05) is 6.54 Å². The summed E-state index contributed by atoms with van der Waals surface area (Å²) >= 11 is 1.35. The highest BCUT2D eigenvalue weighted by atomic mass is 32.2. The summed E-state index contributed by atoms with van der Waals surface area (Å²) in [5.41, 5.74) is 21.2. The van der Waals surface area contributed by atoms with Crippen molar-refractivity contribution in [2.24, 2.45) is 27.9 Å². The zero-order valence-electron chi connectivity index (χ0n) is 19.8. The molecule has 0 spiro atoms. The van der Waals surface area contributed by atoms with Gasteiger partial charge in [0.15, 0.2) is 5.96 Å². The fourth-order valence-corrected chi connectivity index (χ4v) is 3.26. The average molecular weight is 535 g/mol. The lowest BCUT2D eigenvalue weighted by atomic mass is 10.1. The van der Waals surface area contributed by atoms with Gasteiger partial charge in [-0.25, -0.2) is 4.79 Å². The molecule has 4 amide bonds. The second-order valence-corrected chi connectivity index (χ2v) is 8.61. The van der Waals surface area contributed by atoms with Crippen LogP contribution in [0.25, 0.3) is 0 Å². The second-order valence-electron chi connectivity index (χ2n) is 7.63. The van der Waals surface area contributed by atoms with Crippen molar-refractivity contribution < 1.29 is 39.0 Å². The number of carbonyl (C=O) groups excluding carboxylic acids is 4. The largest absolute Gasteiger partial charge is 0.481 e. The lowest BCUT2D eigenvalue weighted by molar-refractivity contribution is -0.147. The van der Waals surface area contributed by atoms with E-state index in [1.165, 1.54) is 11.8 Å². The quantitative estimate of drug-likeness (QED) is 0.0462. The van der Waals surface area contributed by atoms with Crippen LogP contribution in [0.5, 0.6) is 0 Å². The minimum absolute atomic E-state index is 0.0191. The fraction of sp³-hybridized carbons (Fsp3) is 0.632. The molecule has 0 aromatic carbocycles. The Balaban J connectivity index is 5.60. The Hall–Kier alpha value is -3.60. The van der Waals surface area contributed by atoms with Gasteiger partial charge in [0.2, 0.25) is 23.6 Å². The van der Waals surface area contributed by atoms with E-state index in [9.17, 15) is 33.9 Å². The molecule has 204 valence electrons. The molecule has 17 heteroatoms. The van der Waals surface area contributed by atoms with E-state index in [4.69, 9.17) is 28.0 Å². The van der Waals surface area contributed by atoms with Crippen LogP contribution < -0.4 is 38.9 Å². The van der Waals surface area contributed by atoms with Crippen LogP contribution in [0.4, 0.5) is 0 Å². The molecule has 4 atom stereocenters. The Morgan fingerprint density at radius 1 is 0.833 bits per heavy atom. The molecular weight excluding hydrogens is 500 g/mol. The Morgan fingerprint density at radius 2 is 1.36 bits per heavy atom. The fourth-order valence-electron chi connectivity index (χ4n) is 2.78. The number of nitrogens with two attached hydrogens (primary N) is 4. The minimum atomic E-state index is -1.72. The van der Waals surface area contributed by atoms with E-state index in [1.807, 2.05) is 0 Å². The molecule has 16 nitrogen and oxygen atoms in total. The van der Waals surface area contributed by atoms with Crippen LogP contribution in [-0.2, 0) is 28.8 Å². The molecular formula is C19H34N8O8S. The third-order valence-electron chi connectivity index (χ3n) is 4.57. The Bertz CT molecular complexity index is 836. The molecule has 0 aliphatic carbocycles. The Morgan fingerprint density at radius 3 is 1.83 bits per heavy atom. The van der Waals surface area contributed by atoms with Crippen molar-refractivity contribution >= 4 is 53.3 Å². The maximum absolute atomic E-state index is 13.0. The van der Waals surface area contributed by atoms with E-state index in [1.54, 1.807) is 6.26 Å². The van der Waals surface area contributed by atoms with Crippen molar-refractivity contribution in [3.63, 3.8) is 0 Å². The number of rotatable bonds is 18. The number of nitrogens with one attached hydrogen (secondary N) is 3. The highest BCUT2D eigenvalue weighted by Gasteiger charge is 2.31. The van der Waals surface area contributed by atoms with Gasteiger partial charge in [0.25, 0.3) is 0 Å². The Kier molecular flexibility index (Phi) is 15.2. The predicted molar refractivity (Wildman–Crippen MR) is 130 cm³/mol. The van der Waals surface area contributed by atoms with Crippen LogP contribution in [0.15, 0.2) is 4.99 Å². The van der Waals surface area contributed by atoms with Crippen molar-refractivity contribution in [1.82, 2.24) is 16.0 Å². The van der Waals surface area contributed by atoms with Gasteiger partial charge in [-0.1, -0.05) is 0 Å². The number of hydrogen-bond donors (Lipinski definition) is 9. The number of hydrogen-bond acceptors (Lipinski definition) is 9. The summed E-state index contributed by atoms with van der Waals surface area (Å²) in [6.07, 6.45) is 0.745. The molecule has 0 heterocycles. The summed E-state index contributed by atoms with van der Waals surface area (Å²) in [7, 11) is 0. The van der Waals surface area contributed by atoms with E-state index < -0.39 is 72.6 Å². The van der Waals surface area contributed by atoms with Crippen molar-refractivity contribution in [2.45, 2.75) is 56.3 Å². The normalized spacial score (nSPS) is 13.8. The SMILES string of the molecule is CSCCC(NC(=O)C(CCCN=C(N)N)NC(=O)C(N)CC(N)=O)C(=O)NC(CC(=O)O)C(=O)O. The first kappa shape index (κ1) is 32.4. The van der Waals surface area contributed by atoms with Crippen LogP contribution >= 0.6 is 11.8 Å². The predicted octanol–water partition coefficient (Wildman–Crippen LogP) is -3.99. The zero-order chi connectivity index (χ0) is 27.8. The van der Waals surface area contributed by atoms with Gasteiger partial charge < -0.3 is 49.1 Å². The first-order valence-corrected chi connectivity index (χ1v) is 12.1. The van der Waals surface area contributed by atoms with Gasteiger partial charge in [-0.15, -0.1) is 0 Å². The number of guanidine groups is 1. The minimum Gasteiger partial charge on any atom is -0.481 e. The van der Waals surface area contributed by atoms with E-state index >= 15 is 0 Å². The van der Waals surface area contributed by atoms with Crippen molar-refractivity contribution in [3.05, 3.63) is 0 Å². The van der Waals surface area contributed by atoms with Gasteiger partial charge in [-0.05, 0) is 31.3 Å². The zero-order valence-corrected chi connectivity index (χ0v) is 20.6. The number of nitrogens with zero attached hydrogens (tertiary/aromatic N) is 1. The van der Waals surface area contributed by atoms with Crippen LogP contribution in [-0.4, -0.2) is 94.5 Å². The number of carbonyl (C=O) groups is 6. The van der Waals surface area contributed by atoms with Crippen LogP contribution in [0.3, 0.4) is 0 Å². The lowest BCUT2D eigenvalue weighted by Gasteiger charge is -2.25. The first-order chi connectivity index (χ1) is 16.8. The lowest BCUT2D eigenvalue weighted by Crippen LogP contribution is -2.57. The number of thioether (sulfide) groups is 1. The first-order valence-electron chi connectivity index (χ1n) is 10.7. The highest BCUT2D eigenvalue weighted by Crippen LogP contribution is 2.06. The second kappa shape index (κ2) is 16.9. The maximum Gasteiger partial charge on any atom is 0.326 e. The molecule has 0 radical (unpaired) electrons. The highest BCUT2D eigenvalue weighted by molar-refractivity contribution is 7.98. The third kappa shape index (κ3) is 14.0. The molecule has 0 fully saturated rings. The van der Waals surface area contributed by atoms with Gasteiger partial charge >= 0.3 is 11.9 Å². The number of carboxylic acids is 2. The molecule has 0 aliphatic rings. The van der Waals surface area contributed by atoms with Crippen molar-refractivity contribution in [2.75, 3.05) is 18.6 Å². The molecule has 0 aromatic heterocycles. The molecule has 13 N–H and O–H groups in total. The number of carboxylic acid groups (broad SMARTS) is 2. The van der Waals surface area contributed by atoms with E-state index in [0.717, 1.165) is 0 Å². The standard InChI is InChI=1S/C19H34N8O8S/c1-36-6-4-11(17(33)27-12(18(34)35)8-14(29)30)26-16(32)10(3-2-5-24-19(22)23)25-15(31)9(20)7-13(21)28/h9-12H,2-8,20H2,1H3,(H2,21,28)(H,25,31)(H,26,32)(H,27,33)(H,29,30)(H,34,35)(H4,22,23,24).